The Bertz CT molecular complexity index is 594. The zero-order valence-corrected chi connectivity index (χ0v) is 16.9. The van der Waals surface area contributed by atoms with Gasteiger partial charge in [-0.15, -0.1) is 0 Å². The first kappa shape index (κ1) is 24.3. The van der Waals surface area contributed by atoms with E-state index < -0.39 is 29.3 Å². The van der Waals surface area contributed by atoms with E-state index in [-0.39, 0.29) is 13.2 Å². The molecule has 1 aliphatic rings. The third kappa shape index (κ3) is 10.4. The highest BCUT2D eigenvalue weighted by Crippen LogP contribution is 2.21. The van der Waals surface area contributed by atoms with Crippen LogP contribution in [0.15, 0.2) is 24.3 Å². The lowest BCUT2D eigenvalue weighted by atomic mass is 9.91. The quantitative estimate of drug-likeness (QED) is 0.272. The maximum absolute atomic E-state index is 11.8. The Kier molecular flexibility index (Phi) is 10.6. The molecule has 29 heavy (non-hydrogen) atoms. The summed E-state index contributed by atoms with van der Waals surface area (Å²) in [6.45, 7) is 4.74. The van der Waals surface area contributed by atoms with Crippen molar-refractivity contribution in [3.05, 3.63) is 24.3 Å². The predicted molar refractivity (Wildman–Crippen MR) is 99.6 cm³/mol. The van der Waals surface area contributed by atoms with Gasteiger partial charge in [-0.25, -0.2) is 19.2 Å². The van der Waals surface area contributed by atoms with Gasteiger partial charge >= 0.3 is 23.9 Å². The minimum atomic E-state index is -0.722. The minimum absolute atomic E-state index is 0.0529. The second-order valence-corrected chi connectivity index (χ2v) is 6.63. The first-order chi connectivity index (χ1) is 13.8. The predicted octanol–water partition coefficient (Wildman–Crippen LogP) is -0.130. The van der Waals surface area contributed by atoms with Crippen molar-refractivity contribution in [2.45, 2.75) is 6.92 Å². The van der Waals surface area contributed by atoms with E-state index in [1.165, 1.54) is 14.2 Å². The normalized spacial score (nSPS) is 15.3. The topological polar surface area (TPSA) is 118 Å². The third-order valence-corrected chi connectivity index (χ3v) is 3.95. The van der Waals surface area contributed by atoms with Gasteiger partial charge in [-0.1, -0.05) is 6.92 Å². The molecule has 0 radical (unpaired) electrons. The summed E-state index contributed by atoms with van der Waals surface area (Å²) in [7, 11) is 2.39. The number of hydrogen-bond donors (Lipinski definition) is 0. The van der Waals surface area contributed by atoms with Crippen molar-refractivity contribution in [1.29, 1.82) is 0 Å². The molecule has 1 fully saturated rings. The highest BCUT2D eigenvalue weighted by atomic mass is 16.6. The van der Waals surface area contributed by atoms with Crippen LogP contribution >= 0.6 is 0 Å². The van der Waals surface area contributed by atoms with Gasteiger partial charge < -0.3 is 23.7 Å². The molecule has 0 atom stereocenters. The Hall–Kier alpha value is -2.72. The van der Waals surface area contributed by atoms with E-state index in [0.717, 1.165) is 24.3 Å². The van der Waals surface area contributed by atoms with Gasteiger partial charge in [0.15, 0.2) is 0 Å². The van der Waals surface area contributed by atoms with Crippen molar-refractivity contribution in [1.82, 2.24) is 4.90 Å². The van der Waals surface area contributed by atoms with E-state index in [0.29, 0.717) is 32.8 Å². The van der Waals surface area contributed by atoms with Crippen LogP contribution in [0.5, 0.6) is 0 Å². The molecule has 1 aliphatic heterocycles. The fourth-order valence-electron chi connectivity index (χ4n) is 2.43. The molecule has 0 aromatic rings. The molecule has 0 spiro atoms. The van der Waals surface area contributed by atoms with Crippen molar-refractivity contribution >= 4 is 23.9 Å². The fraction of sp³-hybridized carbons (Fsp3) is 0.579. The molecule has 0 amide bonds. The van der Waals surface area contributed by atoms with E-state index in [1.807, 2.05) is 0 Å². The molecule has 0 bridgehead atoms. The number of rotatable bonds is 10. The number of carbonyl (C=O) groups excluding carboxylic acids is 4. The van der Waals surface area contributed by atoms with Gasteiger partial charge in [0.25, 0.3) is 0 Å². The number of ether oxygens (including phenoxy) is 5. The number of nitrogens with zero attached hydrogens (tertiary/aromatic N) is 1. The minimum Gasteiger partial charge on any atom is -0.466 e. The molecule has 1 saturated heterocycles. The number of hydrogen-bond acceptors (Lipinski definition) is 10. The first-order valence-corrected chi connectivity index (χ1v) is 8.93. The van der Waals surface area contributed by atoms with Crippen molar-refractivity contribution < 1.29 is 42.9 Å². The zero-order valence-electron chi connectivity index (χ0n) is 16.9. The number of esters is 4. The summed E-state index contributed by atoms with van der Waals surface area (Å²) >= 11 is 0. The molecule has 10 nitrogen and oxygen atoms in total. The van der Waals surface area contributed by atoms with Crippen LogP contribution < -0.4 is 0 Å². The van der Waals surface area contributed by atoms with Crippen LogP contribution in [0.4, 0.5) is 0 Å². The lowest BCUT2D eigenvalue weighted by molar-refractivity contribution is -0.149. The molecule has 0 aromatic heterocycles. The third-order valence-electron chi connectivity index (χ3n) is 3.95. The van der Waals surface area contributed by atoms with Gasteiger partial charge in [0.2, 0.25) is 0 Å². The lowest BCUT2D eigenvalue weighted by Gasteiger charge is -2.36. The van der Waals surface area contributed by atoms with Crippen molar-refractivity contribution in [3.8, 4) is 0 Å². The Balaban J connectivity index is 2.69. The van der Waals surface area contributed by atoms with Crippen LogP contribution in [0.1, 0.15) is 6.92 Å². The SMILES string of the molecule is COC(=O)/C=C/C(=O)OCC(C)(COC(=O)/C=C/C(=O)OC)CN1CCOCC1. The van der Waals surface area contributed by atoms with Crippen LogP contribution in [0.3, 0.4) is 0 Å². The van der Waals surface area contributed by atoms with Gasteiger partial charge in [-0.2, -0.15) is 0 Å². The van der Waals surface area contributed by atoms with Gasteiger partial charge in [-0.05, 0) is 0 Å². The summed E-state index contributed by atoms with van der Waals surface area (Å²) in [6.07, 6.45) is 3.84. The Morgan fingerprint density at radius 1 is 0.828 bits per heavy atom. The number of morpholine rings is 1. The number of carbonyl (C=O) groups is 4. The van der Waals surface area contributed by atoms with Crippen LogP contribution in [0.25, 0.3) is 0 Å². The number of methoxy groups -OCH3 is 2. The van der Waals surface area contributed by atoms with Gasteiger partial charge in [0.05, 0.1) is 27.4 Å². The molecular formula is C19H27NO9. The molecule has 1 heterocycles. The highest BCUT2D eigenvalue weighted by Gasteiger charge is 2.31. The molecule has 10 heteroatoms. The van der Waals surface area contributed by atoms with Crippen molar-refractivity contribution in [3.63, 3.8) is 0 Å². The maximum atomic E-state index is 11.8. The van der Waals surface area contributed by atoms with E-state index in [9.17, 15) is 19.2 Å². The van der Waals surface area contributed by atoms with E-state index in [4.69, 9.17) is 14.2 Å². The van der Waals surface area contributed by atoms with Gasteiger partial charge in [0, 0.05) is 49.4 Å². The molecule has 162 valence electrons. The average Bonchev–Trinajstić information content (AvgIpc) is 2.73. The maximum Gasteiger partial charge on any atom is 0.331 e. The standard InChI is InChI=1S/C19H27NO9/c1-19(12-20-8-10-27-11-9-20,13-28-17(23)6-4-15(21)25-2)14-29-18(24)7-5-16(22)26-3/h4-7H,8-14H2,1-3H3/b6-4+,7-5+. The second-order valence-electron chi connectivity index (χ2n) is 6.63. The fourth-order valence-corrected chi connectivity index (χ4v) is 2.43. The van der Waals surface area contributed by atoms with E-state index in [2.05, 4.69) is 14.4 Å². The monoisotopic (exact) mass is 413 g/mol. The molecule has 0 unspecified atom stereocenters. The average molecular weight is 413 g/mol. The first-order valence-electron chi connectivity index (χ1n) is 8.93. The largest absolute Gasteiger partial charge is 0.466 e. The van der Waals surface area contributed by atoms with Crippen molar-refractivity contribution in [2.24, 2.45) is 5.41 Å². The van der Waals surface area contributed by atoms with E-state index in [1.54, 1.807) is 6.92 Å². The van der Waals surface area contributed by atoms with Crippen LogP contribution in [0, 0.1) is 5.41 Å². The summed E-state index contributed by atoms with van der Waals surface area (Å²) in [5, 5.41) is 0. The van der Waals surface area contributed by atoms with Crippen molar-refractivity contribution in [2.75, 3.05) is 60.3 Å². The molecule has 0 aliphatic carbocycles. The molecule has 1 rings (SSSR count). The van der Waals surface area contributed by atoms with E-state index >= 15 is 0 Å². The summed E-state index contributed by atoms with van der Waals surface area (Å²) < 4.78 is 24.6. The Morgan fingerprint density at radius 2 is 1.24 bits per heavy atom. The Labute approximate surface area is 169 Å². The second kappa shape index (κ2) is 12.7. The van der Waals surface area contributed by atoms with Gasteiger partial charge in [-0.3, -0.25) is 4.90 Å². The lowest BCUT2D eigenvalue weighted by Crippen LogP contribution is -2.46. The molecular weight excluding hydrogens is 386 g/mol. The molecule has 0 aromatic carbocycles. The van der Waals surface area contributed by atoms with Gasteiger partial charge in [0.1, 0.15) is 13.2 Å². The highest BCUT2D eigenvalue weighted by molar-refractivity contribution is 5.92. The summed E-state index contributed by atoms with van der Waals surface area (Å²) in [4.78, 5) is 47.9. The summed E-state index contributed by atoms with van der Waals surface area (Å²) in [6, 6.07) is 0. The van der Waals surface area contributed by atoms with Crippen LogP contribution in [-0.2, 0) is 42.9 Å². The zero-order chi connectivity index (χ0) is 21.7. The summed E-state index contributed by atoms with van der Waals surface area (Å²) in [5.41, 5.74) is -0.721. The molecule has 0 saturated carbocycles. The van der Waals surface area contributed by atoms with Crippen LogP contribution in [-0.4, -0.2) is 89.1 Å². The molecule has 0 N–H and O–H groups in total. The Morgan fingerprint density at radius 3 is 1.66 bits per heavy atom. The smallest absolute Gasteiger partial charge is 0.331 e. The van der Waals surface area contributed by atoms with Crippen LogP contribution in [0.2, 0.25) is 0 Å². The summed E-state index contributed by atoms with van der Waals surface area (Å²) in [5.74, 6) is -2.80.